The van der Waals surface area contributed by atoms with Gasteiger partial charge in [-0.25, -0.2) is 0 Å². The number of halogens is 1. The molecule has 88 valence electrons. The highest BCUT2D eigenvalue weighted by atomic mass is 35.5. The molecule has 0 spiro atoms. The van der Waals surface area contributed by atoms with Crippen molar-refractivity contribution in [1.82, 2.24) is 0 Å². The Morgan fingerprint density at radius 2 is 2.31 bits per heavy atom. The summed E-state index contributed by atoms with van der Waals surface area (Å²) < 4.78 is 5.36. The Bertz CT molecular complexity index is 381. The molecule has 1 atom stereocenters. The lowest BCUT2D eigenvalue weighted by molar-refractivity contribution is -0.138. The van der Waals surface area contributed by atoms with E-state index < -0.39 is 12.0 Å². The highest BCUT2D eigenvalue weighted by Gasteiger charge is 2.10. The fourth-order valence-corrected chi connectivity index (χ4v) is 1.25. The van der Waals surface area contributed by atoms with E-state index >= 15 is 0 Å². The number of carboxylic acids is 1. The predicted molar refractivity (Wildman–Crippen MR) is 61.9 cm³/mol. The molecule has 0 aromatic heterocycles. The minimum Gasteiger partial charge on any atom is -0.494 e. The lowest BCUT2D eigenvalue weighted by atomic mass is 10.2. The van der Waals surface area contributed by atoms with E-state index in [2.05, 4.69) is 0 Å². The Kier molecular flexibility index (Phi) is 4.58. The summed E-state index contributed by atoms with van der Waals surface area (Å²) in [6.45, 7) is 2.15. The molecule has 0 heterocycles. The molecule has 3 N–H and O–H groups in total. The molecule has 0 aliphatic heterocycles. The molecule has 0 radical (unpaired) electrons. The van der Waals surface area contributed by atoms with E-state index in [0.717, 1.165) is 5.56 Å². The SMILES string of the molecule is Cc1cc(OCCC(N)C(=O)O)ccc1Cl. The van der Waals surface area contributed by atoms with Gasteiger partial charge in [0.2, 0.25) is 0 Å². The minimum atomic E-state index is -1.02. The van der Waals surface area contributed by atoms with E-state index in [4.69, 9.17) is 27.2 Å². The van der Waals surface area contributed by atoms with Gasteiger partial charge in [0.05, 0.1) is 6.61 Å². The number of rotatable bonds is 5. The summed E-state index contributed by atoms with van der Waals surface area (Å²) >= 11 is 5.85. The van der Waals surface area contributed by atoms with Crippen molar-refractivity contribution in [3.8, 4) is 5.75 Å². The third-order valence-electron chi connectivity index (χ3n) is 2.14. The molecule has 0 fully saturated rings. The summed E-state index contributed by atoms with van der Waals surface area (Å²) in [5.41, 5.74) is 6.25. The van der Waals surface area contributed by atoms with E-state index in [1.807, 2.05) is 6.92 Å². The maximum Gasteiger partial charge on any atom is 0.320 e. The van der Waals surface area contributed by atoms with Crippen LogP contribution in [0.25, 0.3) is 0 Å². The van der Waals surface area contributed by atoms with Crippen LogP contribution in [0.1, 0.15) is 12.0 Å². The number of nitrogens with two attached hydrogens (primary N) is 1. The number of aliphatic carboxylic acids is 1. The molecule has 1 aromatic carbocycles. The Morgan fingerprint density at radius 1 is 1.62 bits per heavy atom. The normalized spacial score (nSPS) is 12.2. The standard InChI is InChI=1S/C11H14ClNO3/c1-7-6-8(2-3-9(7)12)16-5-4-10(13)11(14)15/h2-3,6,10H,4-5,13H2,1H3,(H,14,15). The molecule has 4 nitrogen and oxygen atoms in total. The Balaban J connectivity index is 2.43. The van der Waals surface area contributed by atoms with Gasteiger partial charge in [0.25, 0.3) is 0 Å². The first kappa shape index (κ1) is 12.8. The van der Waals surface area contributed by atoms with Gasteiger partial charge >= 0.3 is 5.97 Å². The summed E-state index contributed by atoms with van der Waals surface area (Å²) in [6, 6.07) is 4.40. The lowest BCUT2D eigenvalue weighted by Gasteiger charge is -2.09. The number of ether oxygens (including phenoxy) is 1. The summed E-state index contributed by atoms with van der Waals surface area (Å²) in [6.07, 6.45) is 0.275. The first-order valence-corrected chi connectivity index (χ1v) is 5.26. The van der Waals surface area contributed by atoms with Crippen LogP contribution in [0.4, 0.5) is 0 Å². The molecule has 1 unspecified atom stereocenters. The van der Waals surface area contributed by atoms with Gasteiger partial charge in [0.1, 0.15) is 11.8 Å². The van der Waals surface area contributed by atoms with Crippen LogP contribution in [0.15, 0.2) is 18.2 Å². The fraction of sp³-hybridized carbons (Fsp3) is 0.364. The maximum atomic E-state index is 10.4. The van der Waals surface area contributed by atoms with E-state index in [9.17, 15) is 4.79 Å². The third-order valence-corrected chi connectivity index (χ3v) is 2.57. The molecule has 0 aliphatic carbocycles. The third kappa shape index (κ3) is 3.72. The van der Waals surface area contributed by atoms with E-state index in [-0.39, 0.29) is 13.0 Å². The van der Waals surface area contributed by atoms with Gasteiger partial charge in [-0.05, 0) is 30.7 Å². The van der Waals surface area contributed by atoms with Crippen LogP contribution >= 0.6 is 11.6 Å². The van der Waals surface area contributed by atoms with Crippen LogP contribution in [0, 0.1) is 6.92 Å². The number of hydrogen-bond acceptors (Lipinski definition) is 3. The zero-order chi connectivity index (χ0) is 12.1. The number of carbonyl (C=O) groups is 1. The van der Waals surface area contributed by atoms with Gasteiger partial charge in [-0.1, -0.05) is 11.6 Å². The molecule has 0 saturated heterocycles. The van der Waals surface area contributed by atoms with Gasteiger partial charge < -0.3 is 15.6 Å². The van der Waals surface area contributed by atoms with E-state index in [1.165, 1.54) is 0 Å². The van der Waals surface area contributed by atoms with Crippen LogP contribution in [0.5, 0.6) is 5.75 Å². The number of aryl methyl sites for hydroxylation is 1. The van der Waals surface area contributed by atoms with Crippen molar-refractivity contribution in [1.29, 1.82) is 0 Å². The van der Waals surface area contributed by atoms with Crippen molar-refractivity contribution < 1.29 is 14.6 Å². The second-order valence-corrected chi connectivity index (χ2v) is 3.90. The average Bonchev–Trinajstić information content (AvgIpc) is 2.23. The first-order valence-electron chi connectivity index (χ1n) is 4.88. The van der Waals surface area contributed by atoms with Gasteiger partial charge in [-0.3, -0.25) is 4.79 Å². The summed E-state index contributed by atoms with van der Waals surface area (Å²) in [5.74, 6) is -0.352. The molecular weight excluding hydrogens is 230 g/mol. The molecule has 1 rings (SSSR count). The second kappa shape index (κ2) is 5.72. The number of carboxylic acid groups (broad SMARTS) is 1. The van der Waals surface area contributed by atoms with Crippen LogP contribution in [0.3, 0.4) is 0 Å². The van der Waals surface area contributed by atoms with Crippen molar-refractivity contribution >= 4 is 17.6 Å². The van der Waals surface area contributed by atoms with Crippen LogP contribution in [-0.2, 0) is 4.79 Å². The zero-order valence-corrected chi connectivity index (χ0v) is 9.70. The predicted octanol–water partition coefficient (Wildman–Crippen LogP) is 1.83. The highest BCUT2D eigenvalue weighted by molar-refractivity contribution is 6.31. The van der Waals surface area contributed by atoms with Gasteiger partial charge in [-0.2, -0.15) is 0 Å². The topological polar surface area (TPSA) is 72.5 Å². The fourth-order valence-electron chi connectivity index (χ4n) is 1.13. The number of hydrogen-bond donors (Lipinski definition) is 2. The molecule has 1 aromatic rings. The van der Waals surface area contributed by atoms with Crippen LogP contribution in [0.2, 0.25) is 5.02 Å². The molecule has 5 heteroatoms. The Labute approximate surface area is 99.0 Å². The largest absolute Gasteiger partial charge is 0.494 e. The van der Waals surface area contributed by atoms with Crippen LogP contribution in [-0.4, -0.2) is 23.7 Å². The van der Waals surface area contributed by atoms with Gasteiger partial charge in [0.15, 0.2) is 0 Å². The molecule has 16 heavy (non-hydrogen) atoms. The quantitative estimate of drug-likeness (QED) is 0.828. The van der Waals surface area contributed by atoms with E-state index in [1.54, 1.807) is 18.2 Å². The summed E-state index contributed by atoms with van der Waals surface area (Å²) in [4.78, 5) is 10.4. The summed E-state index contributed by atoms with van der Waals surface area (Å²) in [5, 5.41) is 9.24. The van der Waals surface area contributed by atoms with Crippen molar-refractivity contribution in [2.24, 2.45) is 5.73 Å². The van der Waals surface area contributed by atoms with E-state index in [0.29, 0.717) is 10.8 Å². The summed E-state index contributed by atoms with van der Waals surface area (Å²) in [7, 11) is 0. The molecule has 0 saturated carbocycles. The highest BCUT2D eigenvalue weighted by Crippen LogP contribution is 2.21. The second-order valence-electron chi connectivity index (χ2n) is 3.49. The molecule has 0 amide bonds. The monoisotopic (exact) mass is 243 g/mol. The molecule has 0 aliphatic rings. The van der Waals surface area contributed by atoms with Crippen molar-refractivity contribution in [3.63, 3.8) is 0 Å². The Morgan fingerprint density at radius 3 is 2.88 bits per heavy atom. The molecular formula is C11H14ClNO3. The molecule has 0 bridgehead atoms. The van der Waals surface area contributed by atoms with Crippen molar-refractivity contribution in [2.75, 3.05) is 6.61 Å². The van der Waals surface area contributed by atoms with Crippen molar-refractivity contribution in [2.45, 2.75) is 19.4 Å². The van der Waals surface area contributed by atoms with Crippen LogP contribution < -0.4 is 10.5 Å². The maximum absolute atomic E-state index is 10.4. The van der Waals surface area contributed by atoms with Gasteiger partial charge in [0, 0.05) is 11.4 Å². The zero-order valence-electron chi connectivity index (χ0n) is 8.94. The average molecular weight is 244 g/mol. The van der Waals surface area contributed by atoms with Crippen molar-refractivity contribution in [3.05, 3.63) is 28.8 Å². The lowest BCUT2D eigenvalue weighted by Crippen LogP contribution is -2.31. The Hall–Kier alpha value is -1.26. The van der Waals surface area contributed by atoms with Gasteiger partial charge in [-0.15, -0.1) is 0 Å². The minimum absolute atomic E-state index is 0.272. The number of benzene rings is 1. The smallest absolute Gasteiger partial charge is 0.320 e. The first-order chi connectivity index (χ1) is 7.50.